The van der Waals surface area contributed by atoms with Crippen LogP contribution >= 0.6 is 22.9 Å². The molecule has 0 saturated carbocycles. The Morgan fingerprint density at radius 2 is 2.00 bits per heavy atom. The standard InChI is InChI=1S/C18H14ClFN2O4S2/c1-22(18(23)24)10-12-9-15(14-6-3-7-21-16(14)19)17(27-12)28(25,26)13-5-2-4-11(20)8-13/h2-9H,10H2,1H3,(H,23,24). The van der Waals surface area contributed by atoms with E-state index in [9.17, 15) is 17.6 Å². The van der Waals surface area contributed by atoms with Gasteiger partial charge in [-0.15, -0.1) is 11.3 Å². The highest BCUT2D eigenvalue weighted by molar-refractivity contribution is 7.93. The molecule has 0 aliphatic rings. The molecule has 28 heavy (non-hydrogen) atoms. The Bertz CT molecular complexity index is 1150. The summed E-state index contributed by atoms with van der Waals surface area (Å²) in [5.74, 6) is -0.676. The Kier molecular flexibility index (Phi) is 5.69. The summed E-state index contributed by atoms with van der Waals surface area (Å²) in [4.78, 5) is 16.4. The lowest BCUT2D eigenvalue weighted by Gasteiger charge is -2.10. The average molecular weight is 441 g/mol. The predicted octanol–water partition coefficient (Wildman–Crippen LogP) is 4.55. The van der Waals surface area contributed by atoms with Crippen LogP contribution < -0.4 is 0 Å². The number of rotatable bonds is 5. The maximum atomic E-state index is 13.6. The third-order valence-corrected chi connectivity index (χ3v) is 7.57. The van der Waals surface area contributed by atoms with Crippen molar-refractivity contribution in [1.29, 1.82) is 0 Å². The van der Waals surface area contributed by atoms with Crippen LogP contribution in [0.25, 0.3) is 11.1 Å². The zero-order chi connectivity index (χ0) is 20.5. The van der Waals surface area contributed by atoms with Crippen molar-refractivity contribution >= 4 is 38.9 Å². The molecule has 0 saturated heterocycles. The first-order chi connectivity index (χ1) is 13.2. The van der Waals surface area contributed by atoms with Crippen molar-refractivity contribution in [2.45, 2.75) is 15.6 Å². The van der Waals surface area contributed by atoms with Crippen LogP contribution in [0.2, 0.25) is 5.15 Å². The summed E-state index contributed by atoms with van der Waals surface area (Å²) >= 11 is 7.07. The van der Waals surface area contributed by atoms with Crippen LogP contribution in [0, 0.1) is 5.82 Å². The second kappa shape index (κ2) is 7.86. The molecule has 1 amide bonds. The fraction of sp³-hybridized carbons (Fsp3) is 0.111. The minimum absolute atomic E-state index is 0.0104. The molecule has 0 fully saturated rings. The van der Waals surface area contributed by atoms with E-state index in [0.29, 0.717) is 16.0 Å². The number of pyridine rings is 1. The topological polar surface area (TPSA) is 87.6 Å². The quantitative estimate of drug-likeness (QED) is 0.588. The summed E-state index contributed by atoms with van der Waals surface area (Å²) in [6, 6.07) is 9.50. The van der Waals surface area contributed by atoms with Crippen molar-refractivity contribution in [3.05, 3.63) is 64.5 Å². The number of carbonyl (C=O) groups is 1. The van der Waals surface area contributed by atoms with Gasteiger partial charge in [0.2, 0.25) is 9.84 Å². The van der Waals surface area contributed by atoms with Crippen molar-refractivity contribution in [2.24, 2.45) is 0 Å². The van der Waals surface area contributed by atoms with Crippen LogP contribution in [0.5, 0.6) is 0 Å². The smallest absolute Gasteiger partial charge is 0.407 e. The fourth-order valence-electron chi connectivity index (χ4n) is 2.52. The molecular weight excluding hydrogens is 427 g/mol. The molecule has 0 atom stereocenters. The van der Waals surface area contributed by atoms with E-state index in [2.05, 4.69) is 4.98 Å². The van der Waals surface area contributed by atoms with Crippen molar-refractivity contribution in [2.75, 3.05) is 7.05 Å². The Morgan fingerprint density at radius 3 is 2.64 bits per heavy atom. The first kappa shape index (κ1) is 20.2. The van der Waals surface area contributed by atoms with Gasteiger partial charge in [-0.05, 0) is 36.4 Å². The first-order valence-corrected chi connectivity index (χ1v) is 10.6. The maximum absolute atomic E-state index is 13.6. The van der Waals surface area contributed by atoms with Crippen LogP contribution in [0.15, 0.2) is 57.8 Å². The van der Waals surface area contributed by atoms with E-state index < -0.39 is 21.7 Å². The number of halogens is 2. The SMILES string of the molecule is CN(Cc1cc(-c2cccnc2Cl)c(S(=O)(=O)c2cccc(F)c2)s1)C(=O)O. The first-order valence-electron chi connectivity index (χ1n) is 7.88. The number of thiophene rings is 1. The Morgan fingerprint density at radius 1 is 1.25 bits per heavy atom. The van der Waals surface area contributed by atoms with Crippen LogP contribution in [0.3, 0.4) is 0 Å². The Balaban J connectivity index is 2.20. The van der Waals surface area contributed by atoms with Crippen molar-refractivity contribution in [1.82, 2.24) is 9.88 Å². The normalized spacial score (nSPS) is 11.4. The molecule has 10 heteroatoms. The number of nitrogens with zero attached hydrogens (tertiary/aromatic N) is 2. The lowest BCUT2D eigenvalue weighted by molar-refractivity contribution is 0.154. The van der Waals surface area contributed by atoms with E-state index in [1.165, 1.54) is 25.4 Å². The van der Waals surface area contributed by atoms with Gasteiger partial charge in [-0.25, -0.2) is 22.6 Å². The van der Waals surface area contributed by atoms with Gasteiger partial charge in [-0.1, -0.05) is 17.7 Å². The van der Waals surface area contributed by atoms with E-state index in [1.54, 1.807) is 18.2 Å². The molecule has 1 aromatic carbocycles. The number of carboxylic acid groups (broad SMARTS) is 1. The molecule has 146 valence electrons. The summed E-state index contributed by atoms with van der Waals surface area (Å²) < 4.78 is 39.9. The summed E-state index contributed by atoms with van der Waals surface area (Å²) in [5.41, 5.74) is 0.681. The zero-order valence-corrected chi connectivity index (χ0v) is 16.9. The van der Waals surface area contributed by atoms with Gasteiger partial charge in [0.25, 0.3) is 0 Å². The van der Waals surface area contributed by atoms with Gasteiger partial charge >= 0.3 is 6.09 Å². The highest BCUT2D eigenvalue weighted by Crippen LogP contribution is 2.40. The monoisotopic (exact) mass is 440 g/mol. The molecule has 6 nitrogen and oxygen atoms in total. The lowest BCUT2D eigenvalue weighted by Crippen LogP contribution is -2.23. The molecule has 0 aliphatic heterocycles. The number of benzene rings is 1. The van der Waals surface area contributed by atoms with Gasteiger partial charge in [-0.3, -0.25) is 0 Å². The van der Waals surface area contributed by atoms with Gasteiger partial charge in [0.05, 0.1) is 11.4 Å². The fourth-order valence-corrected chi connectivity index (χ4v) is 5.94. The van der Waals surface area contributed by atoms with E-state index in [4.69, 9.17) is 16.7 Å². The number of hydrogen-bond acceptors (Lipinski definition) is 5. The average Bonchev–Trinajstić information content (AvgIpc) is 3.06. The Hall–Kier alpha value is -2.49. The van der Waals surface area contributed by atoms with Gasteiger partial charge in [-0.2, -0.15) is 0 Å². The molecule has 1 N–H and O–H groups in total. The van der Waals surface area contributed by atoms with E-state index >= 15 is 0 Å². The van der Waals surface area contributed by atoms with E-state index in [-0.39, 0.29) is 20.8 Å². The number of amides is 1. The number of aromatic nitrogens is 1. The summed E-state index contributed by atoms with van der Waals surface area (Å²) in [6.07, 6.45) is 0.321. The third kappa shape index (κ3) is 4.01. The van der Waals surface area contributed by atoms with Crippen molar-refractivity contribution in [3.8, 4) is 11.1 Å². The van der Waals surface area contributed by atoms with Crippen molar-refractivity contribution in [3.63, 3.8) is 0 Å². The van der Waals surface area contributed by atoms with Crippen LogP contribution in [-0.2, 0) is 16.4 Å². The second-order valence-electron chi connectivity index (χ2n) is 5.86. The number of hydrogen-bond donors (Lipinski definition) is 1. The highest BCUT2D eigenvalue weighted by Gasteiger charge is 2.27. The molecule has 0 bridgehead atoms. The maximum Gasteiger partial charge on any atom is 0.407 e. The molecule has 2 aromatic heterocycles. The molecule has 0 unspecified atom stereocenters. The largest absolute Gasteiger partial charge is 0.465 e. The second-order valence-corrected chi connectivity index (χ2v) is 9.49. The zero-order valence-electron chi connectivity index (χ0n) is 14.5. The third-order valence-electron chi connectivity index (χ3n) is 3.87. The molecule has 0 spiro atoms. The lowest BCUT2D eigenvalue weighted by atomic mass is 10.1. The van der Waals surface area contributed by atoms with Crippen LogP contribution in [0.1, 0.15) is 4.88 Å². The molecule has 2 heterocycles. The Labute approximate surface area is 169 Å². The highest BCUT2D eigenvalue weighted by atomic mass is 35.5. The molecular formula is C18H14ClFN2O4S2. The molecule has 0 aliphatic carbocycles. The van der Waals surface area contributed by atoms with E-state index in [1.807, 2.05) is 0 Å². The predicted molar refractivity (Wildman–Crippen MR) is 104 cm³/mol. The molecule has 3 rings (SSSR count). The minimum atomic E-state index is -4.07. The van der Waals surface area contributed by atoms with Gasteiger partial charge in [0.15, 0.2) is 0 Å². The van der Waals surface area contributed by atoms with Gasteiger partial charge in [0.1, 0.15) is 15.2 Å². The van der Waals surface area contributed by atoms with E-state index in [0.717, 1.165) is 28.4 Å². The molecule has 0 radical (unpaired) electrons. The van der Waals surface area contributed by atoms with Gasteiger partial charge < -0.3 is 10.0 Å². The summed E-state index contributed by atoms with van der Waals surface area (Å²) in [5, 5.41) is 9.19. The van der Waals surface area contributed by atoms with Crippen LogP contribution in [-0.4, -0.2) is 36.5 Å². The van der Waals surface area contributed by atoms with Gasteiger partial charge in [0, 0.05) is 29.2 Å². The summed E-state index contributed by atoms with van der Waals surface area (Å²) in [7, 11) is -2.69. The minimum Gasteiger partial charge on any atom is -0.465 e. The molecule has 3 aromatic rings. The number of sulfone groups is 1. The van der Waals surface area contributed by atoms with Crippen molar-refractivity contribution < 1.29 is 22.7 Å². The summed E-state index contributed by atoms with van der Waals surface area (Å²) in [6.45, 7) is -0.0104. The van der Waals surface area contributed by atoms with Crippen LogP contribution in [0.4, 0.5) is 9.18 Å².